The van der Waals surface area contributed by atoms with Crippen molar-refractivity contribution in [2.45, 2.75) is 0 Å². The van der Waals surface area contributed by atoms with E-state index in [1.165, 1.54) is 11.3 Å². The molecule has 0 fully saturated rings. The van der Waals surface area contributed by atoms with E-state index in [9.17, 15) is 4.79 Å². The highest BCUT2D eigenvalue weighted by atomic mass is 32.1. The van der Waals surface area contributed by atoms with E-state index < -0.39 is 0 Å². The summed E-state index contributed by atoms with van der Waals surface area (Å²) >= 11 is 1.52. The Morgan fingerprint density at radius 2 is 2.07 bits per heavy atom. The van der Waals surface area contributed by atoms with Gasteiger partial charge in [0.2, 0.25) is 0 Å². The van der Waals surface area contributed by atoms with Crippen LogP contribution in [-0.2, 0) is 7.05 Å². The first-order valence-electron chi connectivity index (χ1n) is 4.25. The van der Waals surface area contributed by atoms with Crippen LogP contribution in [0.5, 0.6) is 0 Å². The summed E-state index contributed by atoms with van der Waals surface area (Å²) in [5, 5.41) is 0.757. The van der Waals surface area contributed by atoms with Crippen LogP contribution in [0.2, 0.25) is 0 Å². The molecule has 0 unspecified atom stereocenters. The Labute approximate surface area is 85.0 Å². The maximum atomic E-state index is 11.8. The second-order valence-electron chi connectivity index (χ2n) is 2.97. The molecular weight excluding hydrogens is 196 g/mol. The summed E-state index contributed by atoms with van der Waals surface area (Å²) in [7, 11) is 3.44. The number of nitrogens with zero attached hydrogens (tertiary/aromatic N) is 2. The van der Waals surface area contributed by atoms with E-state index in [0.717, 1.165) is 14.9 Å². The first kappa shape index (κ1) is 9.15. The van der Waals surface area contributed by atoms with E-state index in [1.54, 1.807) is 18.7 Å². The topological polar surface area (TPSA) is 34.4 Å². The number of hydrogen-bond acceptors (Lipinski definition) is 3. The molecule has 0 bridgehead atoms. The van der Waals surface area contributed by atoms with Crippen molar-refractivity contribution in [2.24, 2.45) is 12.0 Å². The summed E-state index contributed by atoms with van der Waals surface area (Å²) in [5.74, 6) is 0. The van der Waals surface area contributed by atoms with Crippen LogP contribution in [0.1, 0.15) is 0 Å². The fourth-order valence-electron chi connectivity index (χ4n) is 1.36. The minimum atomic E-state index is 0.0138. The smallest absolute Gasteiger partial charge is 0.261 e. The zero-order valence-electron chi connectivity index (χ0n) is 8.02. The third kappa shape index (κ3) is 1.28. The Balaban J connectivity index is 3.08. The van der Waals surface area contributed by atoms with Crippen molar-refractivity contribution in [3.05, 3.63) is 39.4 Å². The van der Waals surface area contributed by atoms with E-state index in [0.29, 0.717) is 0 Å². The lowest BCUT2D eigenvalue weighted by atomic mass is 10.3. The Morgan fingerprint density at radius 1 is 1.36 bits per heavy atom. The van der Waals surface area contributed by atoms with Gasteiger partial charge in [-0.05, 0) is 12.1 Å². The van der Waals surface area contributed by atoms with Gasteiger partial charge in [-0.3, -0.25) is 14.4 Å². The van der Waals surface area contributed by atoms with Crippen LogP contribution in [0.4, 0.5) is 0 Å². The molecule has 2 aromatic rings. The van der Waals surface area contributed by atoms with Gasteiger partial charge in [-0.2, -0.15) is 0 Å². The molecule has 0 spiro atoms. The Morgan fingerprint density at radius 3 is 2.79 bits per heavy atom. The molecule has 3 nitrogen and oxygen atoms in total. The molecule has 0 atom stereocenters. The lowest BCUT2D eigenvalue weighted by Gasteiger charge is -2.00. The summed E-state index contributed by atoms with van der Waals surface area (Å²) in [6, 6.07) is 7.58. The van der Waals surface area contributed by atoms with Crippen molar-refractivity contribution in [3.8, 4) is 0 Å². The molecular formula is C10H10N2OS. The molecule has 1 heterocycles. The quantitative estimate of drug-likeness (QED) is 0.636. The standard InChI is InChI=1S/C10H10N2OS/c1-11-10-12(2)9(13)7-5-3-4-6-8(7)14-10/h3-6H,1-2H3. The monoisotopic (exact) mass is 206 g/mol. The van der Waals surface area contributed by atoms with Crippen LogP contribution >= 0.6 is 11.3 Å². The molecule has 0 aliphatic heterocycles. The Kier molecular flexibility index (Phi) is 2.21. The number of aromatic nitrogens is 1. The SMILES string of the molecule is CN=c1sc2ccccc2c(=O)n1C. The molecule has 1 aromatic carbocycles. The normalized spacial score (nSPS) is 12.3. The molecule has 14 heavy (non-hydrogen) atoms. The van der Waals surface area contributed by atoms with Gasteiger partial charge in [-0.25, -0.2) is 0 Å². The summed E-state index contributed by atoms with van der Waals surface area (Å²) in [4.78, 5) is 16.6. The molecule has 0 aliphatic rings. The van der Waals surface area contributed by atoms with Crippen LogP contribution in [0.15, 0.2) is 34.1 Å². The minimum absolute atomic E-state index is 0.0138. The van der Waals surface area contributed by atoms with Crippen molar-refractivity contribution >= 4 is 21.4 Å². The molecule has 0 radical (unpaired) electrons. The van der Waals surface area contributed by atoms with Gasteiger partial charge in [-0.15, -0.1) is 0 Å². The predicted octanol–water partition coefficient (Wildman–Crippen LogP) is 1.13. The maximum absolute atomic E-state index is 11.8. The fourth-order valence-corrected chi connectivity index (χ4v) is 2.28. The van der Waals surface area contributed by atoms with Crippen molar-refractivity contribution in [2.75, 3.05) is 7.05 Å². The number of fused-ring (bicyclic) bond motifs is 1. The highest BCUT2D eigenvalue weighted by molar-refractivity contribution is 7.15. The first-order valence-corrected chi connectivity index (χ1v) is 5.07. The first-order chi connectivity index (χ1) is 6.74. The minimum Gasteiger partial charge on any atom is -0.287 e. The number of benzene rings is 1. The molecule has 0 saturated carbocycles. The maximum Gasteiger partial charge on any atom is 0.261 e. The van der Waals surface area contributed by atoms with Gasteiger partial charge in [0, 0.05) is 18.8 Å². The highest BCUT2D eigenvalue weighted by Crippen LogP contribution is 2.10. The number of hydrogen-bond donors (Lipinski definition) is 0. The van der Waals surface area contributed by atoms with Gasteiger partial charge in [0.15, 0.2) is 4.80 Å². The van der Waals surface area contributed by atoms with Crippen molar-refractivity contribution in [3.63, 3.8) is 0 Å². The third-order valence-corrected chi connectivity index (χ3v) is 3.32. The van der Waals surface area contributed by atoms with Gasteiger partial charge >= 0.3 is 0 Å². The molecule has 2 rings (SSSR count). The molecule has 1 aromatic heterocycles. The van der Waals surface area contributed by atoms with Crippen LogP contribution in [0.3, 0.4) is 0 Å². The zero-order valence-corrected chi connectivity index (χ0v) is 8.84. The van der Waals surface area contributed by atoms with Crippen LogP contribution in [0, 0.1) is 0 Å². The summed E-state index contributed by atoms with van der Waals surface area (Å²) in [6.45, 7) is 0. The zero-order chi connectivity index (χ0) is 10.1. The van der Waals surface area contributed by atoms with E-state index >= 15 is 0 Å². The fraction of sp³-hybridized carbons (Fsp3) is 0.200. The molecule has 0 N–H and O–H groups in total. The van der Waals surface area contributed by atoms with Crippen molar-refractivity contribution in [1.82, 2.24) is 4.57 Å². The molecule has 72 valence electrons. The van der Waals surface area contributed by atoms with Gasteiger partial charge < -0.3 is 0 Å². The molecule has 4 heteroatoms. The van der Waals surface area contributed by atoms with Crippen LogP contribution in [-0.4, -0.2) is 11.6 Å². The average molecular weight is 206 g/mol. The van der Waals surface area contributed by atoms with E-state index in [1.807, 2.05) is 24.3 Å². The lowest BCUT2D eigenvalue weighted by Crippen LogP contribution is -2.28. The van der Waals surface area contributed by atoms with Crippen molar-refractivity contribution in [1.29, 1.82) is 0 Å². The van der Waals surface area contributed by atoms with Gasteiger partial charge in [0.25, 0.3) is 5.56 Å². The summed E-state index contributed by atoms with van der Waals surface area (Å²) in [6.07, 6.45) is 0. The second kappa shape index (κ2) is 3.38. The van der Waals surface area contributed by atoms with Crippen molar-refractivity contribution < 1.29 is 0 Å². The van der Waals surface area contributed by atoms with E-state index in [4.69, 9.17) is 0 Å². The van der Waals surface area contributed by atoms with Gasteiger partial charge in [0.05, 0.1) is 5.39 Å². The van der Waals surface area contributed by atoms with Crippen LogP contribution < -0.4 is 10.4 Å². The van der Waals surface area contributed by atoms with Gasteiger partial charge in [0.1, 0.15) is 0 Å². The van der Waals surface area contributed by atoms with Gasteiger partial charge in [-0.1, -0.05) is 23.5 Å². The Hall–Kier alpha value is -1.42. The predicted molar refractivity (Wildman–Crippen MR) is 58.6 cm³/mol. The molecule has 0 saturated heterocycles. The van der Waals surface area contributed by atoms with E-state index in [-0.39, 0.29) is 5.56 Å². The third-order valence-electron chi connectivity index (χ3n) is 2.10. The summed E-state index contributed by atoms with van der Waals surface area (Å²) in [5.41, 5.74) is 0.0138. The Bertz CT molecular complexity index is 595. The summed E-state index contributed by atoms with van der Waals surface area (Å²) < 4.78 is 2.56. The van der Waals surface area contributed by atoms with Crippen LogP contribution in [0.25, 0.3) is 10.1 Å². The molecule has 0 amide bonds. The highest BCUT2D eigenvalue weighted by Gasteiger charge is 2.01. The van der Waals surface area contributed by atoms with E-state index in [2.05, 4.69) is 4.99 Å². The average Bonchev–Trinajstić information content (AvgIpc) is 2.23. The second-order valence-corrected chi connectivity index (χ2v) is 3.98. The number of rotatable bonds is 0. The largest absolute Gasteiger partial charge is 0.287 e. The molecule has 0 aliphatic carbocycles. The lowest BCUT2D eigenvalue weighted by molar-refractivity contribution is 0.827.